The van der Waals surface area contributed by atoms with Crippen molar-refractivity contribution in [1.29, 1.82) is 0 Å². The van der Waals surface area contributed by atoms with Gasteiger partial charge in [0.05, 0.1) is 0 Å². The van der Waals surface area contributed by atoms with Crippen LogP contribution in [0.3, 0.4) is 0 Å². The zero-order chi connectivity index (χ0) is 14.2. The maximum atomic E-state index is 2.91. The molecule has 2 aliphatic heterocycles. The fraction of sp³-hybridized carbons (Fsp3) is 1.00. The van der Waals surface area contributed by atoms with Gasteiger partial charge in [-0.1, -0.05) is 84.1 Å². The third-order valence-corrected chi connectivity index (χ3v) is 14.7. The quantitative estimate of drug-likeness (QED) is 0.301. The number of rotatable bonds is 2. The minimum Gasteiger partial charge on any atom is -0.291 e. The van der Waals surface area contributed by atoms with Crippen LogP contribution < -0.4 is 0 Å². The van der Waals surface area contributed by atoms with Gasteiger partial charge in [0.25, 0.3) is 0 Å². The SMILES string of the molecule is CC1CCCC(C)N1[Si](I)(I)N1C(C)CCCC1C. The molecule has 19 heavy (non-hydrogen) atoms. The average Bonchev–Trinajstić information content (AvgIpc) is 2.27. The Morgan fingerprint density at radius 2 is 0.947 bits per heavy atom. The van der Waals surface area contributed by atoms with Gasteiger partial charge in [-0.3, -0.25) is 9.13 Å². The van der Waals surface area contributed by atoms with Crippen LogP contribution in [0.15, 0.2) is 0 Å². The van der Waals surface area contributed by atoms with Gasteiger partial charge < -0.3 is 0 Å². The van der Waals surface area contributed by atoms with E-state index in [4.69, 9.17) is 0 Å². The van der Waals surface area contributed by atoms with Crippen LogP contribution in [0, 0.1) is 0 Å². The Kier molecular flexibility index (Phi) is 6.06. The molecule has 2 aliphatic rings. The van der Waals surface area contributed by atoms with E-state index in [1.807, 2.05) is 0 Å². The normalized spacial score (nSPS) is 39.5. The van der Waals surface area contributed by atoms with Crippen molar-refractivity contribution in [3.63, 3.8) is 0 Å². The number of piperidine rings is 2. The lowest BCUT2D eigenvalue weighted by molar-refractivity contribution is 0.144. The van der Waals surface area contributed by atoms with Gasteiger partial charge in [0.2, 0.25) is 0 Å². The molecule has 4 unspecified atom stereocenters. The monoisotopic (exact) mass is 506 g/mol. The van der Waals surface area contributed by atoms with Crippen molar-refractivity contribution in [3.8, 4) is 0 Å². The van der Waals surface area contributed by atoms with Crippen LogP contribution in [0.5, 0.6) is 0 Å². The van der Waals surface area contributed by atoms with Gasteiger partial charge in [0, 0.05) is 24.2 Å². The highest BCUT2D eigenvalue weighted by atomic mass is 127. The maximum Gasteiger partial charge on any atom is 0.343 e. The lowest BCUT2D eigenvalue weighted by Crippen LogP contribution is -2.68. The molecule has 2 heterocycles. The summed E-state index contributed by atoms with van der Waals surface area (Å²) in [6, 6.07) is 3.08. The second kappa shape index (κ2) is 6.79. The molecule has 0 amide bonds. The van der Waals surface area contributed by atoms with E-state index in [9.17, 15) is 0 Å². The van der Waals surface area contributed by atoms with E-state index < -0.39 is 3.39 Å². The van der Waals surface area contributed by atoms with Gasteiger partial charge in [-0.2, -0.15) is 0 Å². The number of hydrogen-bond donors (Lipinski definition) is 0. The van der Waals surface area contributed by atoms with Crippen LogP contribution in [0.2, 0.25) is 0 Å². The first-order valence-electron chi connectivity index (χ1n) is 7.80. The van der Waals surface area contributed by atoms with Gasteiger partial charge in [-0.15, -0.1) is 0 Å². The first kappa shape index (κ1) is 17.0. The summed E-state index contributed by atoms with van der Waals surface area (Å²) >= 11 is 5.71. The van der Waals surface area contributed by atoms with Gasteiger partial charge in [-0.05, 0) is 25.7 Å². The molecule has 2 rings (SSSR count). The van der Waals surface area contributed by atoms with Gasteiger partial charge in [0.1, 0.15) is 0 Å². The topological polar surface area (TPSA) is 6.48 Å². The molecular weight excluding hydrogens is 478 g/mol. The highest BCUT2D eigenvalue weighted by Crippen LogP contribution is 2.42. The summed E-state index contributed by atoms with van der Waals surface area (Å²) in [4.78, 5) is 0. The Morgan fingerprint density at radius 3 is 1.21 bits per heavy atom. The molecule has 0 aromatic heterocycles. The molecule has 0 spiro atoms. The average molecular weight is 506 g/mol. The van der Waals surface area contributed by atoms with E-state index >= 15 is 0 Å². The molecule has 4 atom stereocenters. The number of nitrogens with zero attached hydrogens (tertiary/aromatic N) is 2. The fourth-order valence-electron chi connectivity index (χ4n) is 4.04. The molecule has 112 valence electrons. The van der Waals surface area contributed by atoms with E-state index in [2.05, 4.69) is 80.4 Å². The Labute approximate surface area is 145 Å². The Balaban J connectivity index is 2.23. The van der Waals surface area contributed by atoms with Gasteiger partial charge in [0.15, 0.2) is 0 Å². The molecule has 2 nitrogen and oxygen atoms in total. The molecule has 0 aromatic carbocycles. The summed E-state index contributed by atoms with van der Waals surface area (Å²) in [7, 11) is 0. The zero-order valence-corrected chi connectivity index (χ0v) is 18.0. The zero-order valence-electron chi connectivity index (χ0n) is 12.7. The first-order valence-corrected chi connectivity index (χ1v) is 15.9. The van der Waals surface area contributed by atoms with E-state index in [0.717, 1.165) is 24.2 Å². The molecule has 0 saturated carbocycles. The summed E-state index contributed by atoms with van der Waals surface area (Å²) in [5.41, 5.74) is 0. The molecule has 0 radical (unpaired) electrons. The van der Waals surface area contributed by atoms with Crippen LogP contribution in [0.4, 0.5) is 0 Å². The molecule has 0 aliphatic carbocycles. The van der Waals surface area contributed by atoms with Crippen molar-refractivity contribution in [2.24, 2.45) is 0 Å². The molecule has 2 saturated heterocycles. The third kappa shape index (κ3) is 3.51. The smallest absolute Gasteiger partial charge is 0.291 e. The highest BCUT2D eigenvalue weighted by Gasteiger charge is 2.50. The van der Waals surface area contributed by atoms with Crippen LogP contribution in [0.1, 0.15) is 66.2 Å². The van der Waals surface area contributed by atoms with Crippen molar-refractivity contribution in [2.75, 3.05) is 0 Å². The van der Waals surface area contributed by atoms with Gasteiger partial charge >= 0.3 is 3.39 Å². The lowest BCUT2D eigenvalue weighted by Gasteiger charge is -2.54. The third-order valence-electron chi connectivity index (χ3n) is 5.01. The van der Waals surface area contributed by atoms with Crippen molar-refractivity contribution < 1.29 is 0 Å². The molecular formula is C14H28I2N2Si. The van der Waals surface area contributed by atoms with Crippen molar-refractivity contribution in [2.45, 2.75) is 90.4 Å². The fourth-order valence-corrected chi connectivity index (χ4v) is 18.4. The summed E-state index contributed by atoms with van der Waals surface area (Å²) in [5.74, 6) is 0. The van der Waals surface area contributed by atoms with Gasteiger partial charge in [-0.25, -0.2) is 0 Å². The molecule has 0 N–H and O–H groups in total. The summed E-state index contributed by atoms with van der Waals surface area (Å²) in [5, 5.41) is 0. The van der Waals surface area contributed by atoms with E-state index in [0.29, 0.717) is 0 Å². The van der Waals surface area contributed by atoms with Crippen LogP contribution >= 0.6 is 43.6 Å². The van der Waals surface area contributed by atoms with Crippen molar-refractivity contribution >= 4 is 47.0 Å². The van der Waals surface area contributed by atoms with E-state index in [1.165, 1.54) is 38.5 Å². The Morgan fingerprint density at radius 1 is 0.684 bits per heavy atom. The largest absolute Gasteiger partial charge is 0.343 e. The highest BCUT2D eigenvalue weighted by molar-refractivity contribution is 14.3. The van der Waals surface area contributed by atoms with E-state index in [-0.39, 0.29) is 0 Å². The molecule has 0 aromatic rings. The Hall–Kier alpha value is 1.60. The van der Waals surface area contributed by atoms with E-state index in [1.54, 1.807) is 0 Å². The van der Waals surface area contributed by atoms with Crippen molar-refractivity contribution in [3.05, 3.63) is 0 Å². The van der Waals surface area contributed by atoms with Crippen LogP contribution in [-0.2, 0) is 0 Å². The lowest BCUT2D eigenvalue weighted by atomic mass is 10.0. The molecule has 5 heteroatoms. The molecule has 2 fully saturated rings. The van der Waals surface area contributed by atoms with Crippen LogP contribution in [0.25, 0.3) is 0 Å². The molecule has 0 bridgehead atoms. The minimum absolute atomic E-state index is 0.769. The first-order chi connectivity index (χ1) is 8.85. The number of hydrogen-bond acceptors (Lipinski definition) is 2. The standard InChI is InChI=1S/C14H28I2N2Si/c1-11-7-5-8-12(2)17(11)19(15,16)18-13(3)9-6-10-14(18)4/h11-14H,5-10H2,1-4H3. The Bertz CT molecular complexity index is 266. The predicted molar refractivity (Wildman–Crippen MR) is 103 cm³/mol. The second-order valence-electron chi connectivity index (χ2n) is 6.58. The summed E-state index contributed by atoms with van der Waals surface area (Å²) < 4.78 is 4.28. The maximum absolute atomic E-state index is 2.91. The summed E-state index contributed by atoms with van der Waals surface area (Å²) in [6.45, 7) is 9.81. The minimum atomic E-state index is -1.55. The second-order valence-corrected chi connectivity index (χ2v) is 23.9. The number of halogens is 2. The van der Waals surface area contributed by atoms with Crippen LogP contribution in [-0.4, -0.2) is 36.7 Å². The predicted octanol–water partition coefficient (Wildman–Crippen LogP) is 4.82. The van der Waals surface area contributed by atoms with Crippen molar-refractivity contribution in [1.82, 2.24) is 9.13 Å². The summed E-state index contributed by atoms with van der Waals surface area (Å²) in [6.07, 6.45) is 8.40.